The van der Waals surface area contributed by atoms with Gasteiger partial charge in [0, 0.05) is 100 Å². The van der Waals surface area contributed by atoms with Gasteiger partial charge in [0.05, 0.1) is 38.3 Å². The number of aliphatic hydroxyl groups is 1. The van der Waals surface area contributed by atoms with Crippen molar-refractivity contribution in [3.63, 3.8) is 0 Å². The van der Waals surface area contributed by atoms with Gasteiger partial charge in [0.2, 0.25) is 106 Å². The number of aliphatic hydroxyl groups excluding tert-OH is 1. The summed E-state index contributed by atoms with van der Waals surface area (Å²) >= 11 is 0.782. The Morgan fingerprint density at radius 2 is 1.02 bits per heavy atom. The van der Waals surface area contributed by atoms with Gasteiger partial charge in [-0.15, -0.1) is 11.8 Å². The summed E-state index contributed by atoms with van der Waals surface area (Å²) in [6, 6.07) is 2.04. The molecule has 13 atom stereocenters. The van der Waals surface area contributed by atoms with Crippen LogP contribution in [0.2, 0.25) is 0 Å². The molecule has 0 spiro atoms. The molecule has 23 N–H and O–H groups in total. The summed E-state index contributed by atoms with van der Waals surface area (Å²) in [5, 5.41) is 48.7. The number of nitrogens with one attached hydrogen (secondary N) is 14. The van der Waals surface area contributed by atoms with Crippen molar-refractivity contribution in [2.24, 2.45) is 28.9 Å². The first-order valence-electron chi connectivity index (χ1n) is 43.4. The molecule has 130 heavy (non-hydrogen) atoms. The predicted octanol–water partition coefficient (Wildman–Crippen LogP) is -3.23. The number of unbranched alkanes of at least 4 members (excludes halogenated alkanes) is 2. The molecule has 2 saturated heterocycles. The standard InChI is InChI=1S/C87H125N23O19S/c1-10-12-30-66-80(123)99-57(29-21-33-93-87(91)92)76(119)105-65(75(118)96-43-71(90)114)46-130-47-73(116)98-61(36-50-23-15-14-16-24-50)83(126)107(7)49(5)74(117)101-63(40-70(89)113)85(128)110-34-22-32-67(110)81(124)100-59(39-69(88)112)78(121)102-60(35-48(3)4)82(125)106(6)44-72(115)97-58(37-51-41-94-55-27-19-17-25-53(51)55)77(120)104-64(45-111)79(122)103-62(38-52-42-95-56-28-20-18-26-54(52)56)84(127)109(9)68(31-13-11-2)86(129)108(66)8/h14-20,23-28,41-42,48-49,57-68,94-95,111H,10-13,21-22,29-40,43-47H2,1-9H3,(H2,88,112)(H2,89,113)(H2,90,114)(H,96,118)(H,97,115)(H,98,116)(H,99,123)(H,100,124)(H,101,117)(H,102,121)(H,103,122)(H,104,120)(H,105,119)(H4,91,92,93)/t49-,57-,58-,59-,60-,61-,62-,63-,64-,65-,66-,67-,68-/m0/s1. The van der Waals surface area contributed by atoms with Crippen LogP contribution >= 0.6 is 11.8 Å². The number of carbonyl (C=O) groups is 18. The number of primary amides is 3. The number of thioether (sulfide) groups is 1. The third-order valence-electron chi connectivity index (χ3n) is 22.6. The molecule has 7 rings (SSSR count). The highest BCUT2D eigenvalue weighted by Crippen LogP contribution is 2.26. The number of H-pyrrole nitrogens is 2. The number of hydrogen-bond donors (Lipinski definition) is 19. The lowest BCUT2D eigenvalue weighted by Gasteiger charge is -2.36. The van der Waals surface area contributed by atoms with Crippen molar-refractivity contribution in [1.82, 2.24) is 93.0 Å². The zero-order valence-electron chi connectivity index (χ0n) is 74.8. The van der Waals surface area contributed by atoms with Gasteiger partial charge in [-0.2, -0.15) is 0 Å². The van der Waals surface area contributed by atoms with E-state index in [0.29, 0.717) is 64.2 Å². The number of fused-ring (bicyclic) bond motifs is 3. The fourth-order valence-electron chi connectivity index (χ4n) is 15.4. The summed E-state index contributed by atoms with van der Waals surface area (Å²) in [6.07, 6.45) is 2.29. The van der Waals surface area contributed by atoms with E-state index in [1.165, 1.54) is 35.1 Å². The Labute approximate surface area is 757 Å². The first kappa shape index (κ1) is 104. The van der Waals surface area contributed by atoms with Crippen molar-refractivity contribution in [2.75, 3.05) is 72.5 Å². The molecule has 708 valence electrons. The lowest BCUT2D eigenvalue weighted by atomic mass is 10.00. The number of nitrogens with two attached hydrogens (primary N) is 4. The molecule has 0 radical (unpaired) electrons. The van der Waals surface area contributed by atoms with Gasteiger partial charge in [-0.3, -0.25) is 91.7 Å². The molecule has 2 fully saturated rings. The van der Waals surface area contributed by atoms with Crippen molar-refractivity contribution in [1.29, 1.82) is 5.41 Å². The molecular formula is C87H125N23O19S. The normalized spacial score (nSPS) is 23.7. The molecule has 18 amide bonds. The molecule has 0 unspecified atom stereocenters. The van der Waals surface area contributed by atoms with Crippen LogP contribution in [0.5, 0.6) is 0 Å². The summed E-state index contributed by atoms with van der Waals surface area (Å²) in [7, 11) is 5.15. The molecular weight excluding hydrogens is 1700 g/mol. The minimum Gasteiger partial charge on any atom is -0.394 e. The third kappa shape index (κ3) is 30.5. The highest BCUT2D eigenvalue weighted by molar-refractivity contribution is 8.00. The molecule has 42 nitrogen and oxygen atoms in total. The van der Waals surface area contributed by atoms with Crippen LogP contribution < -0.4 is 81.4 Å². The Hall–Kier alpha value is -13.2. The number of guanidine groups is 1. The molecule has 2 aliphatic heterocycles. The highest BCUT2D eigenvalue weighted by Gasteiger charge is 2.44. The second-order valence-corrected chi connectivity index (χ2v) is 34.1. The zero-order chi connectivity index (χ0) is 95.8. The summed E-state index contributed by atoms with van der Waals surface area (Å²) in [6.45, 7) is 5.63. The number of likely N-dealkylation sites (N-methyl/N-ethyl adjacent to an activating group) is 4. The number of benzene rings is 3. The maximum Gasteiger partial charge on any atom is 0.246 e. The summed E-state index contributed by atoms with van der Waals surface area (Å²) < 4.78 is 0. The average molecular weight is 1830 g/mol. The van der Waals surface area contributed by atoms with E-state index in [1.807, 2.05) is 13.8 Å². The van der Waals surface area contributed by atoms with E-state index in [2.05, 4.69) is 68.5 Å². The van der Waals surface area contributed by atoms with E-state index >= 15 is 24.0 Å². The Morgan fingerprint density at radius 1 is 0.508 bits per heavy atom. The summed E-state index contributed by atoms with van der Waals surface area (Å²) in [5.74, 6) is -19.1. The molecule has 2 aromatic heterocycles. The summed E-state index contributed by atoms with van der Waals surface area (Å²) in [5.41, 5.74) is 25.2. The van der Waals surface area contributed by atoms with Crippen LogP contribution in [0.1, 0.15) is 135 Å². The van der Waals surface area contributed by atoms with Gasteiger partial charge < -0.3 is 121 Å². The van der Waals surface area contributed by atoms with Gasteiger partial charge in [-0.25, -0.2) is 0 Å². The molecule has 2 aliphatic rings. The van der Waals surface area contributed by atoms with Crippen molar-refractivity contribution in [3.05, 3.63) is 108 Å². The van der Waals surface area contributed by atoms with Gasteiger partial charge >= 0.3 is 0 Å². The first-order valence-corrected chi connectivity index (χ1v) is 44.5. The van der Waals surface area contributed by atoms with E-state index in [-0.39, 0.29) is 83.2 Å². The molecule has 0 bridgehead atoms. The fraction of sp³-hybridized carbons (Fsp3) is 0.529. The lowest BCUT2D eigenvalue weighted by Crippen LogP contribution is -2.61. The lowest BCUT2D eigenvalue weighted by molar-refractivity contribution is -0.149. The van der Waals surface area contributed by atoms with Gasteiger partial charge in [0.15, 0.2) is 5.96 Å². The van der Waals surface area contributed by atoms with E-state index in [1.54, 1.807) is 105 Å². The van der Waals surface area contributed by atoms with Gasteiger partial charge in [-0.1, -0.05) is 120 Å². The smallest absolute Gasteiger partial charge is 0.246 e. The van der Waals surface area contributed by atoms with Crippen LogP contribution in [0.15, 0.2) is 91.3 Å². The van der Waals surface area contributed by atoms with Gasteiger partial charge in [0.25, 0.3) is 0 Å². The van der Waals surface area contributed by atoms with E-state index in [0.717, 1.165) is 36.3 Å². The van der Waals surface area contributed by atoms with Crippen LogP contribution in [0, 0.1) is 11.3 Å². The Kier molecular flexibility index (Phi) is 40.3. The monoisotopic (exact) mass is 1830 g/mol. The average Bonchev–Trinajstić information content (AvgIpc) is 1.27. The maximum atomic E-state index is 15.7. The van der Waals surface area contributed by atoms with E-state index in [4.69, 9.17) is 28.3 Å². The Balaban J connectivity index is 1.30. The molecule has 0 saturated carbocycles. The number of hydrogen-bond acceptors (Lipinski definition) is 21. The SMILES string of the molecule is CCCC[C@H]1C(=O)N(C)[C@@H](CCCC)C(=O)N[C@@H](CCCNC(=N)N)C(=O)N[C@H](C(=O)NCC(N)=O)CSCC(=O)N[C@@H](Cc2ccccc2)C(=O)N(C)[C@@H](C)C(=O)N[C@@H](CC(N)=O)C(=O)N2CCC[C@H]2C(=O)N[C@@H](CC(N)=O)C(=O)N[C@@H](CC(C)C)C(=O)N(C)CC(=O)N[C@@H](Cc2c[nH]c3ccccc23)C(=O)N[C@@H](CO)C(=O)N[C@@H](Cc2c[nH]c3ccccc23)C(=O)N1C. The van der Waals surface area contributed by atoms with E-state index in [9.17, 15) is 67.4 Å². The molecule has 4 heterocycles. The largest absolute Gasteiger partial charge is 0.394 e. The van der Waals surface area contributed by atoms with Crippen LogP contribution in [0.25, 0.3) is 21.8 Å². The summed E-state index contributed by atoms with van der Waals surface area (Å²) in [4.78, 5) is 271. The number of rotatable bonds is 26. The number of aromatic amines is 2. The first-order chi connectivity index (χ1) is 61.7. The van der Waals surface area contributed by atoms with Crippen LogP contribution in [-0.2, 0) is 106 Å². The number of amides is 18. The minimum absolute atomic E-state index is 0.00203. The fourth-order valence-corrected chi connectivity index (χ4v) is 16.2. The molecule has 0 aliphatic carbocycles. The molecule has 5 aromatic rings. The maximum absolute atomic E-state index is 15.7. The number of aromatic nitrogens is 2. The Morgan fingerprint density at radius 3 is 1.61 bits per heavy atom. The van der Waals surface area contributed by atoms with Crippen molar-refractivity contribution in [3.8, 4) is 0 Å². The number of para-hydroxylation sites is 2. The van der Waals surface area contributed by atoms with Crippen LogP contribution in [0.4, 0.5) is 0 Å². The van der Waals surface area contributed by atoms with Gasteiger partial charge in [-0.05, 0) is 86.6 Å². The van der Waals surface area contributed by atoms with Crippen molar-refractivity contribution in [2.45, 2.75) is 216 Å². The number of carbonyl (C=O) groups excluding carboxylic acids is 18. The zero-order valence-corrected chi connectivity index (χ0v) is 75.6. The van der Waals surface area contributed by atoms with Crippen LogP contribution in [-0.4, -0.2) is 303 Å². The van der Waals surface area contributed by atoms with Crippen molar-refractivity contribution < 1.29 is 91.4 Å². The Bertz CT molecular complexity index is 4870. The second-order valence-electron chi connectivity index (χ2n) is 33.0. The second kappa shape index (κ2) is 50.5. The van der Waals surface area contributed by atoms with Crippen molar-refractivity contribution >= 4 is 146 Å². The quantitative estimate of drug-likeness (QED) is 0.0147. The third-order valence-corrected chi connectivity index (χ3v) is 23.6. The molecule has 3 aromatic carbocycles. The van der Waals surface area contributed by atoms with Gasteiger partial charge in [0.1, 0.15) is 78.5 Å². The highest BCUT2D eigenvalue weighted by atomic mass is 32.2. The van der Waals surface area contributed by atoms with Crippen LogP contribution in [0.3, 0.4) is 0 Å². The number of nitrogens with zero attached hydrogens (tertiary/aromatic N) is 5. The molecule has 43 heteroatoms. The minimum atomic E-state index is -1.87. The predicted molar refractivity (Wildman–Crippen MR) is 481 cm³/mol. The van der Waals surface area contributed by atoms with E-state index < -0.39 is 235 Å². The topological polar surface area (TPSA) is 636 Å².